The largest absolute Gasteiger partial charge is 0.364 e. The number of hydrogen-bond donors (Lipinski definition) is 1. The summed E-state index contributed by atoms with van der Waals surface area (Å²) in [5.41, 5.74) is 0. The summed E-state index contributed by atoms with van der Waals surface area (Å²) >= 11 is 1.94. The van der Waals surface area contributed by atoms with Gasteiger partial charge in [-0.15, -0.1) is 0 Å². The van der Waals surface area contributed by atoms with Gasteiger partial charge in [-0.1, -0.05) is 32.0 Å². The number of likely N-dealkylation sites (N-methyl/N-ethyl adjacent to an activating group) is 1. The zero-order valence-corrected chi connectivity index (χ0v) is 11.9. The molecule has 1 saturated carbocycles. The van der Waals surface area contributed by atoms with Crippen LogP contribution >= 0.6 is 11.8 Å². The van der Waals surface area contributed by atoms with Crippen molar-refractivity contribution >= 4 is 16.9 Å². The molecule has 0 radical (unpaired) electrons. The Morgan fingerprint density at radius 1 is 1.41 bits per heavy atom. The highest BCUT2D eigenvalue weighted by atomic mass is 32.2. The summed E-state index contributed by atoms with van der Waals surface area (Å²) < 4.78 is 0. The third-order valence-corrected chi connectivity index (χ3v) is 4.69. The van der Waals surface area contributed by atoms with E-state index in [1.165, 1.54) is 43.9 Å². The van der Waals surface area contributed by atoms with Crippen LogP contribution in [0.2, 0.25) is 0 Å². The van der Waals surface area contributed by atoms with Gasteiger partial charge in [0.05, 0.1) is 6.54 Å². The fourth-order valence-electron chi connectivity index (χ4n) is 2.33. The van der Waals surface area contributed by atoms with Crippen LogP contribution in [-0.2, 0) is 0 Å². The molecule has 0 aromatic rings. The summed E-state index contributed by atoms with van der Waals surface area (Å²) in [5.74, 6) is 0. The monoisotopic (exact) mass is 255 g/mol. The first-order chi connectivity index (χ1) is 8.33. The van der Waals surface area contributed by atoms with Crippen LogP contribution in [0, 0.1) is 0 Å². The second-order valence-electron chi connectivity index (χ2n) is 4.96. The molecule has 0 saturated heterocycles. The molecule has 1 fully saturated rings. The minimum atomic E-state index is 0.730. The van der Waals surface area contributed by atoms with Gasteiger partial charge in [-0.05, 0) is 25.8 Å². The zero-order chi connectivity index (χ0) is 12.1. The molecule has 17 heavy (non-hydrogen) atoms. The minimum absolute atomic E-state index is 0.730. The molecule has 0 spiro atoms. The number of thioether (sulfide) groups is 1. The van der Waals surface area contributed by atoms with Crippen molar-refractivity contribution in [2.45, 2.75) is 50.8 Å². The SMILES string of the molecule is CCCC1CN=C(NCCN(CC)C2CC2)S1. The van der Waals surface area contributed by atoms with Gasteiger partial charge in [-0.3, -0.25) is 9.89 Å². The Morgan fingerprint density at radius 3 is 2.88 bits per heavy atom. The average molecular weight is 255 g/mol. The van der Waals surface area contributed by atoms with Gasteiger partial charge in [-0.25, -0.2) is 0 Å². The first kappa shape index (κ1) is 13.2. The van der Waals surface area contributed by atoms with Crippen LogP contribution in [0.1, 0.15) is 39.5 Å². The van der Waals surface area contributed by atoms with Crippen LogP contribution in [0.4, 0.5) is 0 Å². The molecule has 3 nitrogen and oxygen atoms in total. The topological polar surface area (TPSA) is 27.6 Å². The quantitative estimate of drug-likeness (QED) is 0.756. The third-order valence-electron chi connectivity index (χ3n) is 3.47. The van der Waals surface area contributed by atoms with Crippen LogP contribution in [0.15, 0.2) is 4.99 Å². The average Bonchev–Trinajstić information content (AvgIpc) is 3.07. The number of nitrogens with zero attached hydrogens (tertiary/aromatic N) is 2. The lowest BCUT2D eigenvalue weighted by Crippen LogP contribution is -2.35. The number of rotatable bonds is 7. The van der Waals surface area contributed by atoms with Crippen LogP contribution < -0.4 is 5.32 Å². The fourth-order valence-corrected chi connectivity index (χ4v) is 3.48. The molecule has 1 aliphatic heterocycles. The van der Waals surface area contributed by atoms with Gasteiger partial charge in [-0.2, -0.15) is 0 Å². The first-order valence-corrected chi connectivity index (χ1v) is 7.90. The molecule has 1 N–H and O–H groups in total. The standard InChI is InChI=1S/C13H25N3S/c1-3-5-12-10-15-13(17-12)14-8-9-16(4-2)11-6-7-11/h11-12H,3-10H2,1-2H3,(H,14,15). The molecule has 0 aromatic carbocycles. The molecule has 0 bridgehead atoms. The molecule has 0 aromatic heterocycles. The van der Waals surface area contributed by atoms with Gasteiger partial charge in [0.1, 0.15) is 0 Å². The number of amidine groups is 1. The minimum Gasteiger partial charge on any atom is -0.364 e. The predicted molar refractivity (Wildman–Crippen MR) is 76.9 cm³/mol. The lowest BCUT2D eigenvalue weighted by molar-refractivity contribution is 0.282. The summed E-state index contributed by atoms with van der Waals surface area (Å²) in [6.07, 6.45) is 5.37. The summed E-state index contributed by atoms with van der Waals surface area (Å²) in [6.45, 7) is 8.93. The first-order valence-electron chi connectivity index (χ1n) is 7.02. The molecule has 1 heterocycles. The molecular formula is C13H25N3S. The maximum absolute atomic E-state index is 4.57. The summed E-state index contributed by atoms with van der Waals surface area (Å²) in [4.78, 5) is 7.15. The number of aliphatic imine (C=N–C) groups is 1. The van der Waals surface area contributed by atoms with E-state index in [2.05, 4.69) is 29.1 Å². The fraction of sp³-hybridized carbons (Fsp3) is 0.923. The lowest BCUT2D eigenvalue weighted by atomic mass is 10.2. The van der Waals surface area contributed by atoms with E-state index in [1.54, 1.807) is 0 Å². The van der Waals surface area contributed by atoms with Crippen molar-refractivity contribution in [3.05, 3.63) is 0 Å². The van der Waals surface area contributed by atoms with Crippen LogP contribution in [0.3, 0.4) is 0 Å². The Morgan fingerprint density at radius 2 is 2.24 bits per heavy atom. The van der Waals surface area contributed by atoms with E-state index >= 15 is 0 Å². The van der Waals surface area contributed by atoms with E-state index in [4.69, 9.17) is 0 Å². The maximum Gasteiger partial charge on any atom is 0.156 e. The van der Waals surface area contributed by atoms with Gasteiger partial charge < -0.3 is 5.32 Å². The Labute approximate surface area is 109 Å². The van der Waals surface area contributed by atoms with E-state index in [1.807, 2.05) is 11.8 Å². The van der Waals surface area contributed by atoms with Gasteiger partial charge in [0.15, 0.2) is 5.17 Å². The summed E-state index contributed by atoms with van der Waals surface area (Å²) in [5, 5.41) is 5.39. The summed E-state index contributed by atoms with van der Waals surface area (Å²) in [7, 11) is 0. The Kier molecular flexibility index (Phi) is 5.16. The van der Waals surface area contributed by atoms with Crippen molar-refractivity contribution in [1.82, 2.24) is 10.2 Å². The van der Waals surface area contributed by atoms with Crippen LogP contribution in [-0.4, -0.2) is 47.5 Å². The number of hydrogen-bond acceptors (Lipinski definition) is 4. The van der Waals surface area contributed by atoms with E-state index in [0.717, 1.165) is 24.4 Å². The summed E-state index contributed by atoms with van der Waals surface area (Å²) in [6, 6.07) is 0.882. The van der Waals surface area contributed by atoms with Crippen molar-refractivity contribution in [3.63, 3.8) is 0 Å². The predicted octanol–water partition coefficient (Wildman–Crippen LogP) is 2.33. The van der Waals surface area contributed by atoms with Gasteiger partial charge in [0.2, 0.25) is 0 Å². The van der Waals surface area contributed by atoms with Crippen LogP contribution in [0.5, 0.6) is 0 Å². The molecular weight excluding hydrogens is 230 g/mol. The highest BCUT2D eigenvalue weighted by molar-refractivity contribution is 8.14. The molecule has 1 aliphatic carbocycles. The van der Waals surface area contributed by atoms with Crippen molar-refractivity contribution < 1.29 is 0 Å². The smallest absolute Gasteiger partial charge is 0.156 e. The van der Waals surface area contributed by atoms with E-state index in [0.29, 0.717) is 0 Å². The molecule has 2 rings (SSSR count). The van der Waals surface area contributed by atoms with Gasteiger partial charge >= 0.3 is 0 Å². The molecule has 2 aliphatic rings. The van der Waals surface area contributed by atoms with Gasteiger partial charge in [0.25, 0.3) is 0 Å². The molecule has 98 valence electrons. The Hall–Kier alpha value is -0.220. The van der Waals surface area contributed by atoms with Crippen molar-refractivity contribution in [2.24, 2.45) is 4.99 Å². The zero-order valence-electron chi connectivity index (χ0n) is 11.1. The number of nitrogens with one attached hydrogen (secondary N) is 1. The maximum atomic E-state index is 4.57. The highest BCUT2D eigenvalue weighted by Gasteiger charge is 2.27. The second kappa shape index (κ2) is 6.64. The van der Waals surface area contributed by atoms with Crippen molar-refractivity contribution in [3.8, 4) is 0 Å². The van der Waals surface area contributed by atoms with E-state index < -0.39 is 0 Å². The molecule has 1 unspecified atom stereocenters. The normalized spacial score (nSPS) is 24.2. The van der Waals surface area contributed by atoms with Crippen LogP contribution in [0.25, 0.3) is 0 Å². The Balaban J connectivity index is 1.59. The lowest BCUT2D eigenvalue weighted by Gasteiger charge is -2.20. The van der Waals surface area contributed by atoms with E-state index in [9.17, 15) is 0 Å². The molecule has 4 heteroatoms. The Bertz CT molecular complexity index is 263. The van der Waals surface area contributed by atoms with Gasteiger partial charge in [0, 0.05) is 24.4 Å². The van der Waals surface area contributed by atoms with E-state index in [-0.39, 0.29) is 0 Å². The van der Waals surface area contributed by atoms with Crippen molar-refractivity contribution in [1.29, 1.82) is 0 Å². The second-order valence-corrected chi connectivity index (χ2v) is 6.25. The molecule has 0 amide bonds. The highest BCUT2D eigenvalue weighted by Crippen LogP contribution is 2.26. The third kappa shape index (κ3) is 4.18. The molecule has 1 atom stereocenters. The van der Waals surface area contributed by atoms with Crippen molar-refractivity contribution in [2.75, 3.05) is 26.2 Å².